The molecule has 0 fully saturated rings. The zero-order valence-electron chi connectivity index (χ0n) is 14.5. The highest BCUT2D eigenvalue weighted by Crippen LogP contribution is 2.15. The van der Waals surface area contributed by atoms with Gasteiger partial charge in [0.15, 0.2) is 0 Å². The summed E-state index contributed by atoms with van der Waals surface area (Å²) in [5.74, 6) is 1.81. The fourth-order valence-corrected chi connectivity index (χ4v) is 2.67. The van der Waals surface area contributed by atoms with Gasteiger partial charge in [-0.3, -0.25) is 0 Å². The maximum atomic E-state index is 5.90. The Morgan fingerprint density at radius 1 is 0.680 bits per heavy atom. The second-order valence-electron chi connectivity index (χ2n) is 5.97. The highest BCUT2D eigenvalue weighted by Gasteiger charge is 2.01. The van der Waals surface area contributed by atoms with Crippen LogP contribution in [0.4, 0.5) is 0 Å². The third-order valence-corrected chi connectivity index (χ3v) is 4.07. The molecule has 25 heavy (non-hydrogen) atoms. The van der Waals surface area contributed by atoms with Gasteiger partial charge in [-0.1, -0.05) is 42.5 Å². The Morgan fingerprint density at radius 2 is 1.40 bits per heavy atom. The zero-order valence-corrected chi connectivity index (χ0v) is 14.5. The van der Waals surface area contributed by atoms with Crippen LogP contribution in [0.1, 0.15) is 16.7 Å². The molecule has 3 aromatic carbocycles. The van der Waals surface area contributed by atoms with Crippen LogP contribution in [-0.2, 0) is 19.7 Å². The molecule has 0 aromatic heterocycles. The Hall–Kier alpha value is -2.78. The Morgan fingerprint density at radius 3 is 2.16 bits per heavy atom. The lowest BCUT2D eigenvalue weighted by Crippen LogP contribution is -2.80. The Labute approximate surface area is 149 Å². The van der Waals surface area contributed by atoms with Gasteiger partial charge in [0.05, 0.1) is 7.11 Å². The lowest BCUT2D eigenvalue weighted by molar-refractivity contribution is -0.686. The minimum Gasteiger partial charge on any atom is -0.497 e. The topological polar surface area (TPSA) is 35.1 Å². The van der Waals surface area contributed by atoms with Crippen molar-refractivity contribution in [3.05, 3.63) is 95.6 Å². The largest absolute Gasteiger partial charge is 0.497 e. The first-order chi connectivity index (χ1) is 12.3. The SMILES string of the molecule is COc1ccc(C[NH2+]Cc2cccc(OCc3ccccc3)c2)cc1. The number of ether oxygens (including phenoxy) is 2. The molecule has 3 rings (SSSR count). The zero-order chi connectivity index (χ0) is 17.3. The molecule has 0 unspecified atom stereocenters. The number of hydrogen-bond acceptors (Lipinski definition) is 2. The van der Waals surface area contributed by atoms with Gasteiger partial charge in [0.25, 0.3) is 0 Å². The van der Waals surface area contributed by atoms with E-state index in [2.05, 4.69) is 47.8 Å². The summed E-state index contributed by atoms with van der Waals surface area (Å²) < 4.78 is 11.1. The number of quaternary nitrogens is 1. The van der Waals surface area contributed by atoms with Gasteiger partial charge in [0, 0.05) is 11.1 Å². The minimum atomic E-state index is 0.597. The van der Waals surface area contributed by atoms with Crippen molar-refractivity contribution in [3.8, 4) is 11.5 Å². The molecule has 0 aliphatic rings. The fourth-order valence-electron chi connectivity index (χ4n) is 2.67. The van der Waals surface area contributed by atoms with Crippen LogP contribution in [0, 0.1) is 0 Å². The van der Waals surface area contributed by atoms with Crippen molar-refractivity contribution in [2.24, 2.45) is 0 Å². The summed E-state index contributed by atoms with van der Waals surface area (Å²) in [6.07, 6.45) is 0. The van der Waals surface area contributed by atoms with Gasteiger partial charge < -0.3 is 14.8 Å². The summed E-state index contributed by atoms with van der Waals surface area (Å²) >= 11 is 0. The molecule has 0 aliphatic carbocycles. The molecular formula is C22H24NO2+. The van der Waals surface area contributed by atoms with Crippen LogP contribution in [0.3, 0.4) is 0 Å². The first-order valence-corrected chi connectivity index (χ1v) is 8.54. The number of benzene rings is 3. The lowest BCUT2D eigenvalue weighted by Gasteiger charge is -2.08. The highest BCUT2D eigenvalue weighted by molar-refractivity contribution is 5.29. The normalized spacial score (nSPS) is 10.4. The molecule has 2 N–H and O–H groups in total. The molecule has 128 valence electrons. The molecule has 0 heterocycles. The van der Waals surface area contributed by atoms with Crippen LogP contribution in [0.15, 0.2) is 78.9 Å². The van der Waals surface area contributed by atoms with Crippen molar-refractivity contribution >= 4 is 0 Å². The van der Waals surface area contributed by atoms with E-state index in [0.29, 0.717) is 6.61 Å². The standard InChI is InChI=1S/C22H23NO2/c1-24-21-12-10-18(11-13-21)15-23-16-20-8-5-9-22(14-20)25-17-19-6-3-2-4-7-19/h2-14,23H,15-17H2,1H3/p+1. The number of hydrogen-bond donors (Lipinski definition) is 1. The van der Waals surface area contributed by atoms with Crippen LogP contribution < -0.4 is 14.8 Å². The maximum absolute atomic E-state index is 5.90. The quantitative estimate of drug-likeness (QED) is 0.684. The molecular weight excluding hydrogens is 310 g/mol. The van der Waals surface area contributed by atoms with Crippen molar-refractivity contribution < 1.29 is 14.8 Å². The van der Waals surface area contributed by atoms with Crippen LogP contribution in [-0.4, -0.2) is 7.11 Å². The van der Waals surface area contributed by atoms with E-state index in [-0.39, 0.29) is 0 Å². The van der Waals surface area contributed by atoms with E-state index in [1.54, 1.807) is 7.11 Å². The molecule has 0 atom stereocenters. The average molecular weight is 334 g/mol. The molecule has 3 nitrogen and oxygen atoms in total. The van der Waals surface area contributed by atoms with Gasteiger partial charge in [0.1, 0.15) is 31.2 Å². The predicted octanol–water partition coefficient (Wildman–Crippen LogP) is 3.54. The van der Waals surface area contributed by atoms with Crippen molar-refractivity contribution in [2.75, 3.05) is 7.11 Å². The fraction of sp³-hybridized carbons (Fsp3) is 0.182. The molecule has 0 saturated carbocycles. The van der Waals surface area contributed by atoms with Crippen LogP contribution in [0.25, 0.3) is 0 Å². The molecule has 0 amide bonds. The van der Waals surface area contributed by atoms with Crippen molar-refractivity contribution in [1.29, 1.82) is 0 Å². The van der Waals surface area contributed by atoms with Crippen molar-refractivity contribution in [3.63, 3.8) is 0 Å². The predicted molar refractivity (Wildman–Crippen MR) is 99.5 cm³/mol. The van der Waals surface area contributed by atoms with Crippen molar-refractivity contribution in [1.82, 2.24) is 0 Å². The lowest BCUT2D eigenvalue weighted by atomic mass is 10.2. The van der Waals surface area contributed by atoms with Gasteiger partial charge in [0.2, 0.25) is 0 Å². The molecule has 0 spiro atoms. The van der Waals surface area contributed by atoms with E-state index in [9.17, 15) is 0 Å². The van der Waals surface area contributed by atoms with E-state index >= 15 is 0 Å². The van der Waals surface area contributed by atoms with Crippen LogP contribution in [0.5, 0.6) is 11.5 Å². The third kappa shape index (κ3) is 5.37. The van der Waals surface area contributed by atoms with Gasteiger partial charge in [-0.05, 0) is 42.0 Å². The monoisotopic (exact) mass is 334 g/mol. The van der Waals surface area contributed by atoms with E-state index in [0.717, 1.165) is 24.6 Å². The summed E-state index contributed by atoms with van der Waals surface area (Å²) in [6.45, 7) is 2.47. The summed E-state index contributed by atoms with van der Waals surface area (Å²) in [6, 6.07) is 26.8. The van der Waals surface area contributed by atoms with Gasteiger partial charge in [-0.15, -0.1) is 0 Å². The first-order valence-electron chi connectivity index (χ1n) is 8.54. The van der Waals surface area contributed by atoms with E-state index in [4.69, 9.17) is 9.47 Å². The van der Waals surface area contributed by atoms with Gasteiger partial charge in [-0.25, -0.2) is 0 Å². The third-order valence-electron chi connectivity index (χ3n) is 4.07. The summed E-state index contributed by atoms with van der Waals surface area (Å²) in [5, 5.41) is 2.29. The Balaban J connectivity index is 1.49. The van der Waals surface area contributed by atoms with E-state index < -0.39 is 0 Å². The summed E-state index contributed by atoms with van der Waals surface area (Å²) in [5.41, 5.74) is 3.73. The van der Waals surface area contributed by atoms with Gasteiger partial charge in [-0.2, -0.15) is 0 Å². The number of nitrogens with two attached hydrogens (primary N) is 1. The second kappa shape index (κ2) is 8.90. The van der Waals surface area contributed by atoms with E-state index in [1.165, 1.54) is 16.7 Å². The molecule has 3 aromatic rings. The molecule has 0 aliphatic heterocycles. The number of rotatable bonds is 8. The Bertz CT molecular complexity index is 770. The second-order valence-corrected chi connectivity index (χ2v) is 5.97. The van der Waals surface area contributed by atoms with E-state index in [1.807, 2.05) is 36.4 Å². The highest BCUT2D eigenvalue weighted by atomic mass is 16.5. The summed E-state index contributed by atoms with van der Waals surface area (Å²) in [4.78, 5) is 0. The minimum absolute atomic E-state index is 0.597. The van der Waals surface area contributed by atoms with Crippen LogP contribution in [0.2, 0.25) is 0 Å². The first kappa shape index (κ1) is 17.1. The number of methoxy groups -OCH3 is 1. The average Bonchev–Trinajstić information content (AvgIpc) is 2.68. The van der Waals surface area contributed by atoms with Gasteiger partial charge >= 0.3 is 0 Å². The molecule has 0 saturated heterocycles. The van der Waals surface area contributed by atoms with Crippen molar-refractivity contribution in [2.45, 2.75) is 19.7 Å². The maximum Gasteiger partial charge on any atom is 0.120 e. The molecule has 3 heteroatoms. The summed E-state index contributed by atoms with van der Waals surface area (Å²) in [7, 11) is 1.69. The smallest absolute Gasteiger partial charge is 0.120 e. The Kier molecular flexibility index (Phi) is 6.07. The van der Waals surface area contributed by atoms with Crippen LogP contribution >= 0.6 is 0 Å². The molecule has 0 radical (unpaired) electrons. The molecule has 0 bridgehead atoms.